The Hall–Kier alpha value is -1.02. The average molecular weight is 244 g/mol. The van der Waals surface area contributed by atoms with Crippen LogP contribution in [0.25, 0.3) is 0 Å². The zero-order valence-electron chi connectivity index (χ0n) is 11.3. The van der Waals surface area contributed by atoms with Crippen LogP contribution in [-0.4, -0.2) is 19.6 Å². The van der Waals surface area contributed by atoms with E-state index in [0.29, 0.717) is 11.3 Å². The number of para-hydroxylation sites is 1. The highest BCUT2D eigenvalue weighted by molar-refractivity contribution is 5.54. The molecule has 2 nitrogen and oxygen atoms in total. The number of hydrogen-bond acceptors (Lipinski definition) is 2. The molecule has 2 N–H and O–H groups in total. The maximum atomic E-state index is 3.71. The molecule has 1 aromatic rings. The highest BCUT2D eigenvalue weighted by atomic mass is 14.9. The first-order chi connectivity index (χ1) is 8.77. The van der Waals surface area contributed by atoms with Crippen molar-refractivity contribution in [3.05, 3.63) is 29.8 Å². The molecule has 1 aliphatic carbocycles. The van der Waals surface area contributed by atoms with Crippen molar-refractivity contribution < 1.29 is 0 Å². The normalized spacial score (nSPS) is 24.8. The van der Waals surface area contributed by atoms with Gasteiger partial charge in [0.15, 0.2) is 0 Å². The molecule has 18 heavy (non-hydrogen) atoms. The molecule has 1 heterocycles. The van der Waals surface area contributed by atoms with Crippen molar-refractivity contribution in [1.82, 2.24) is 5.32 Å². The van der Waals surface area contributed by atoms with E-state index in [-0.39, 0.29) is 0 Å². The molecule has 2 heteroatoms. The van der Waals surface area contributed by atoms with Gasteiger partial charge in [-0.3, -0.25) is 0 Å². The highest BCUT2D eigenvalue weighted by Crippen LogP contribution is 2.39. The van der Waals surface area contributed by atoms with E-state index < -0.39 is 0 Å². The topological polar surface area (TPSA) is 24.1 Å². The number of benzene rings is 1. The average Bonchev–Trinajstić information content (AvgIpc) is 2.37. The quantitative estimate of drug-likeness (QED) is 0.848. The van der Waals surface area contributed by atoms with Crippen molar-refractivity contribution in [1.29, 1.82) is 0 Å². The summed E-state index contributed by atoms with van der Waals surface area (Å²) in [6.07, 6.45) is 5.49. The van der Waals surface area contributed by atoms with Crippen LogP contribution in [0.5, 0.6) is 0 Å². The molecule has 98 valence electrons. The lowest BCUT2D eigenvalue weighted by Gasteiger charge is -2.39. The Bertz CT molecular complexity index is 409. The summed E-state index contributed by atoms with van der Waals surface area (Å²) in [4.78, 5) is 0. The van der Waals surface area contributed by atoms with Crippen molar-refractivity contribution in [2.24, 2.45) is 5.41 Å². The molecule has 3 rings (SSSR count). The maximum absolute atomic E-state index is 3.71. The fourth-order valence-corrected chi connectivity index (χ4v) is 3.27. The predicted molar refractivity (Wildman–Crippen MR) is 77.1 cm³/mol. The fourth-order valence-electron chi connectivity index (χ4n) is 3.27. The lowest BCUT2D eigenvalue weighted by molar-refractivity contribution is 0.156. The Morgan fingerprint density at radius 2 is 2.17 bits per heavy atom. The van der Waals surface area contributed by atoms with Gasteiger partial charge < -0.3 is 10.6 Å². The highest BCUT2D eigenvalue weighted by Gasteiger charge is 2.31. The Morgan fingerprint density at radius 3 is 2.94 bits per heavy atom. The summed E-state index contributed by atoms with van der Waals surface area (Å²) in [5.74, 6) is 0.686. The molecule has 1 aromatic carbocycles. The number of rotatable bonds is 4. The van der Waals surface area contributed by atoms with Crippen LogP contribution < -0.4 is 10.6 Å². The summed E-state index contributed by atoms with van der Waals surface area (Å²) in [6.45, 7) is 5.86. The van der Waals surface area contributed by atoms with Crippen LogP contribution in [-0.2, 0) is 0 Å². The van der Waals surface area contributed by atoms with E-state index in [2.05, 4.69) is 41.8 Å². The number of hydrogen-bond donors (Lipinski definition) is 2. The molecule has 1 aliphatic heterocycles. The summed E-state index contributed by atoms with van der Waals surface area (Å²) in [6, 6.07) is 8.76. The predicted octanol–water partition coefficient (Wildman–Crippen LogP) is 3.37. The van der Waals surface area contributed by atoms with Crippen molar-refractivity contribution in [3.8, 4) is 0 Å². The molecule has 0 spiro atoms. The van der Waals surface area contributed by atoms with Gasteiger partial charge in [-0.1, -0.05) is 31.5 Å². The monoisotopic (exact) mass is 244 g/mol. The van der Waals surface area contributed by atoms with Crippen LogP contribution in [0, 0.1) is 5.41 Å². The van der Waals surface area contributed by atoms with Crippen molar-refractivity contribution in [2.75, 3.05) is 25.0 Å². The molecule has 1 atom stereocenters. The number of fused-ring (bicyclic) bond motifs is 1. The second-order valence-electron chi connectivity index (χ2n) is 6.29. The molecule has 1 saturated carbocycles. The van der Waals surface area contributed by atoms with Gasteiger partial charge in [-0.2, -0.15) is 0 Å². The minimum absolute atomic E-state index is 0.590. The van der Waals surface area contributed by atoms with Gasteiger partial charge in [0.2, 0.25) is 0 Å². The van der Waals surface area contributed by atoms with E-state index in [1.54, 1.807) is 0 Å². The minimum atomic E-state index is 0.590. The van der Waals surface area contributed by atoms with E-state index in [0.717, 1.165) is 13.1 Å². The van der Waals surface area contributed by atoms with Crippen LogP contribution in [0.2, 0.25) is 0 Å². The number of anilines is 1. The fraction of sp³-hybridized carbons (Fsp3) is 0.625. The Morgan fingerprint density at radius 1 is 1.33 bits per heavy atom. The number of nitrogens with one attached hydrogen (secondary N) is 2. The first kappa shape index (κ1) is 12.0. The van der Waals surface area contributed by atoms with Gasteiger partial charge in [0.1, 0.15) is 0 Å². The first-order valence-electron chi connectivity index (χ1n) is 7.30. The molecule has 0 aromatic heterocycles. The zero-order chi connectivity index (χ0) is 12.4. The van der Waals surface area contributed by atoms with E-state index in [9.17, 15) is 0 Å². The maximum Gasteiger partial charge on any atom is 0.0376 e. The standard InChI is InChI=1S/C16H24N2/c1-16(8-4-9-16)12-17-11-13-7-10-18-15-6-3-2-5-14(13)15/h2-3,5-6,13,17-18H,4,7-12H2,1H3. The van der Waals surface area contributed by atoms with E-state index in [1.807, 2.05) is 0 Å². The van der Waals surface area contributed by atoms with Gasteiger partial charge in [0, 0.05) is 31.2 Å². The first-order valence-corrected chi connectivity index (χ1v) is 7.30. The summed E-state index contributed by atoms with van der Waals surface area (Å²) < 4.78 is 0. The third-order valence-corrected chi connectivity index (χ3v) is 4.71. The van der Waals surface area contributed by atoms with Crippen LogP contribution in [0.1, 0.15) is 44.1 Å². The van der Waals surface area contributed by atoms with Crippen molar-refractivity contribution >= 4 is 5.69 Å². The summed E-state index contributed by atoms with van der Waals surface area (Å²) in [7, 11) is 0. The summed E-state index contributed by atoms with van der Waals surface area (Å²) in [5, 5.41) is 7.20. The summed E-state index contributed by atoms with van der Waals surface area (Å²) >= 11 is 0. The van der Waals surface area contributed by atoms with Gasteiger partial charge in [0.25, 0.3) is 0 Å². The van der Waals surface area contributed by atoms with Crippen LogP contribution >= 0.6 is 0 Å². The Labute approximate surface area is 110 Å². The van der Waals surface area contributed by atoms with E-state index >= 15 is 0 Å². The lowest BCUT2D eigenvalue weighted by Crippen LogP contribution is -2.39. The van der Waals surface area contributed by atoms with E-state index in [1.165, 1.54) is 43.5 Å². The minimum Gasteiger partial charge on any atom is -0.385 e. The molecule has 0 amide bonds. The van der Waals surface area contributed by atoms with Crippen molar-refractivity contribution in [2.45, 2.75) is 38.5 Å². The lowest BCUT2D eigenvalue weighted by atomic mass is 9.70. The molecule has 2 aliphatic rings. The molecule has 0 bridgehead atoms. The molecule has 0 saturated heterocycles. The largest absolute Gasteiger partial charge is 0.385 e. The Balaban J connectivity index is 1.57. The molecular weight excluding hydrogens is 220 g/mol. The van der Waals surface area contributed by atoms with Gasteiger partial charge in [0.05, 0.1) is 0 Å². The van der Waals surface area contributed by atoms with Crippen LogP contribution in [0.15, 0.2) is 24.3 Å². The SMILES string of the molecule is CC1(CNCC2CCNc3ccccc32)CCC1. The van der Waals surface area contributed by atoms with Gasteiger partial charge in [-0.15, -0.1) is 0 Å². The third-order valence-electron chi connectivity index (χ3n) is 4.71. The second kappa shape index (κ2) is 4.93. The zero-order valence-corrected chi connectivity index (χ0v) is 11.3. The molecule has 1 unspecified atom stereocenters. The molecule has 0 radical (unpaired) electrons. The third kappa shape index (κ3) is 2.39. The molecular formula is C16H24N2. The van der Waals surface area contributed by atoms with Gasteiger partial charge >= 0.3 is 0 Å². The van der Waals surface area contributed by atoms with Crippen LogP contribution in [0.4, 0.5) is 5.69 Å². The smallest absolute Gasteiger partial charge is 0.0376 e. The summed E-state index contributed by atoms with van der Waals surface area (Å²) in [5.41, 5.74) is 3.42. The van der Waals surface area contributed by atoms with Crippen LogP contribution in [0.3, 0.4) is 0 Å². The van der Waals surface area contributed by atoms with Crippen molar-refractivity contribution in [3.63, 3.8) is 0 Å². The van der Waals surface area contributed by atoms with Gasteiger partial charge in [-0.25, -0.2) is 0 Å². The van der Waals surface area contributed by atoms with Gasteiger partial charge in [-0.05, 0) is 36.3 Å². The molecule has 1 fully saturated rings. The van der Waals surface area contributed by atoms with E-state index in [4.69, 9.17) is 0 Å². The Kier molecular flexibility index (Phi) is 3.29. The second-order valence-corrected chi connectivity index (χ2v) is 6.29.